The summed E-state index contributed by atoms with van der Waals surface area (Å²) in [5.74, 6) is -0.355. The predicted octanol–water partition coefficient (Wildman–Crippen LogP) is 4.35. The van der Waals surface area contributed by atoms with E-state index >= 15 is 0 Å². The Morgan fingerprint density at radius 3 is 1.66 bits per heavy atom. The van der Waals surface area contributed by atoms with Crippen LogP contribution in [0.4, 0.5) is 0 Å². The van der Waals surface area contributed by atoms with Gasteiger partial charge in [0.1, 0.15) is 12.2 Å². The average molecular weight is 479 g/mol. The van der Waals surface area contributed by atoms with Crippen molar-refractivity contribution in [2.75, 3.05) is 20.3 Å². The van der Waals surface area contributed by atoms with Crippen LogP contribution in [0.25, 0.3) is 0 Å². The maximum absolute atomic E-state index is 10.4. The minimum absolute atomic E-state index is 0.128. The summed E-state index contributed by atoms with van der Waals surface area (Å²) in [5.41, 5.74) is 3.16. The van der Waals surface area contributed by atoms with E-state index in [0.29, 0.717) is 26.4 Å². The number of ether oxygens (including phenoxy) is 5. The topological polar surface area (TPSA) is 66.4 Å². The lowest BCUT2D eigenvalue weighted by atomic mass is 9.89. The molecule has 4 rings (SSSR count). The van der Waals surface area contributed by atoms with E-state index in [2.05, 4.69) is 0 Å². The fraction of sp³-hybridized carbons (Fsp3) is 0.379. The highest BCUT2D eigenvalue weighted by Gasteiger charge is 2.47. The van der Waals surface area contributed by atoms with E-state index in [9.17, 15) is 5.11 Å². The molecule has 6 heteroatoms. The molecule has 1 aliphatic heterocycles. The van der Waals surface area contributed by atoms with Gasteiger partial charge in [0.05, 0.1) is 39.1 Å². The standard InChI is InChI=1S/C29H34O6/c1-31-29-28(34-20-24-15-9-4-10-16-24)25(17-30)27(33-19-23-13-7-3-8-14-23)26(35-29)21-32-18-22-11-5-2-6-12-22/h2-16,25-30H,17-21H2,1H3/t25-,26?,27+,28?,29?/m0/s1. The normalized spacial score (nSPS) is 24.3. The lowest BCUT2D eigenvalue weighted by Crippen LogP contribution is -2.58. The van der Waals surface area contributed by atoms with E-state index in [1.165, 1.54) is 0 Å². The zero-order chi connectivity index (χ0) is 24.3. The summed E-state index contributed by atoms with van der Waals surface area (Å²) in [5, 5.41) is 10.4. The molecule has 0 aromatic heterocycles. The summed E-state index contributed by atoms with van der Waals surface area (Å²) in [7, 11) is 1.59. The van der Waals surface area contributed by atoms with Gasteiger partial charge in [-0.1, -0.05) is 91.0 Å². The lowest BCUT2D eigenvalue weighted by molar-refractivity contribution is -0.307. The summed E-state index contributed by atoms with van der Waals surface area (Å²) < 4.78 is 30.6. The summed E-state index contributed by atoms with van der Waals surface area (Å²) in [6.45, 7) is 1.41. The van der Waals surface area contributed by atoms with Crippen LogP contribution in [0, 0.1) is 5.92 Å². The van der Waals surface area contributed by atoms with Crippen molar-refractivity contribution in [3.05, 3.63) is 108 Å². The molecule has 0 amide bonds. The number of aliphatic hydroxyl groups excluding tert-OH is 1. The number of benzene rings is 3. The van der Waals surface area contributed by atoms with E-state index in [1.54, 1.807) is 7.11 Å². The van der Waals surface area contributed by atoms with Gasteiger partial charge in [0.2, 0.25) is 0 Å². The molecule has 1 heterocycles. The van der Waals surface area contributed by atoms with E-state index in [1.807, 2.05) is 91.0 Å². The van der Waals surface area contributed by atoms with Gasteiger partial charge in [0, 0.05) is 13.0 Å². The quantitative estimate of drug-likeness (QED) is 0.417. The first-order valence-corrected chi connectivity index (χ1v) is 12.0. The lowest BCUT2D eigenvalue weighted by Gasteiger charge is -2.45. The van der Waals surface area contributed by atoms with Crippen LogP contribution < -0.4 is 0 Å². The van der Waals surface area contributed by atoms with Gasteiger partial charge in [-0.3, -0.25) is 0 Å². The van der Waals surface area contributed by atoms with Crippen molar-refractivity contribution >= 4 is 0 Å². The molecule has 0 saturated carbocycles. The van der Waals surface area contributed by atoms with Crippen molar-refractivity contribution in [1.29, 1.82) is 0 Å². The third-order valence-corrected chi connectivity index (χ3v) is 6.19. The highest BCUT2D eigenvalue weighted by molar-refractivity contribution is 5.15. The molecule has 0 radical (unpaired) electrons. The van der Waals surface area contributed by atoms with Crippen LogP contribution in [0.3, 0.4) is 0 Å². The van der Waals surface area contributed by atoms with Gasteiger partial charge < -0.3 is 28.8 Å². The second-order valence-electron chi connectivity index (χ2n) is 8.65. The largest absolute Gasteiger partial charge is 0.396 e. The van der Waals surface area contributed by atoms with Crippen LogP contribution >= 0.6 is 0 Å². The predicted molar refractivity (Wildman–Crippen MR) is 132 cm³/mol. The Balaban J connectivity index is 1.48. The minimum Gasteiger partial charge on any atom is -0.396 e. The van der Waals surface area contributed by atoms with Crippen LogP contribution in [0.15, 0.2) is 91.0 Å². The molecular weight excluding hydrogens is 444 g/mol. The van der Waals surface area contributed by atoms with Gasteiger partial charge in [-0.15, -0.1) is 0 Å². The van der Waals surface area contributed by atoms with Crippen LogP contribution in [0.5, 0.6) is 0 Å². The molecule has 3 aromatic rings. The number of methoxy groups -OCH3 is 1. The van der Waals surface area contributed by atoms with Crippen molar-refractivity contribution in [3.8, 4) is 0 Å². The fourth-order valence-corrected chi connectivity index (χ4v) is 4.36. The van der Waals surface area contributed by atoms with E-state index in [4.69, 9.17) is 23.7 Å². The minimum atomic E-state index is -0.655. The first kappa shape index (κ1) is 25.5. The molecule has 0 aliphatic carbocycles. The molecule has 3 unspecified atom stereocenters. The van der Waals surface area contributed by atoms with Crippen LogP contribution in [0.1, 0.15) is 16.7 Å². The molecular formula is C29H34O6. The second-order valence-corrected chi connectivity index (χ2v) is 8.65. The number of hydrogen-bond acceptors (Lipinski definition) is 6. The third kappa shape index (κ3) is 7.21. The second kappa shape index (κ2) is 13.5. The molecule has 0 spiro atoms. The van der Waals surface area contributed by atoms with E-state index in [-0.39, 0.29) is 12.5 Å². The molecule has 0 bridgehead atoms. The fourth-order valence-electron chi connectivity index (χ4n) is 4.36. The molecule has 1 aliphatic rings. The summed E-state index contributed by atoms with van der Waals surface area (Å²) in [6.07, 6.45) is -2.03. The maximum atomic E-state index is 10.4. The Bertz CT molecular complexity index is 968. The van der Waals surface area contributed by atoms with Gasteiger partial charge >= 0.3 is 0 Å². The van der Waals surface area contributed by atoms with Gasteiger partial charge in [0.15, 0.2) is 6.29 Å². The molecule has 5 atom stereocenters. The smallest absolute Gasteiger partial charge is 0.184 e. The molecule has 1 saturated heterocycles. The maximum Gasteiger partial charge on any atom is 0.184 e. The first-order chi connectivity index (χ1) is 17.3. The number of aliphatic hydroxyl groups is 1. The first-order valence-electron chi connectivity index (χ1n) is 12.0. The third-order valence-electron chi connectivity index (χ3n) is 6.19. The molecule has 186 valence electrons. The van der Waals surface area contributed by atoms with Gasteiger partial charge in [0.25, 0.3) is 0 Å². The summed E-state index contributed by atoms with van der Waals surface area (Å²) in [6, 6.07) is 29.9. The van der Waals surface area contributed by atoms with Crippen molar-refractivity contribution < 1.29 is 28.8 Å². The highest BCUT2D eigenvalue weighted by atomic mass is 16.7. The number of rotatable bonds is 12. The van der Waals surface area contributed by atoms with Crippen LogP contribution in [-0.4, -0.2) is 50.0 Å². The van der Waals surface area contributed by atoms with Crippen molar-refractivity contribution in [2.24, 2.45) is 5.92 Å². The van der Waals surface area contributed by atoms with Crippen molar-refractivity contribution in [3.63, 3.8) is 0 Å². The zero-order valence-corrected chi connectivity index (χ0v) is 20.1. The Labute approximate surface area is 207 Å². The van der Waals surface area contributed by atoms with Gasteiger partial charge in [-0.05, 0) is 16.7 Å². The van der Waals surface area contributed by atoms with Crippen LogP contribution in [-0.2, 0) is 43.5 Å². The van der Waals surface area contributed by atoms with Crippen LogP contribution in [0.2, 0.25) is 0 Å². The SMILES string of the molecule is COC1OC(COCc2ccccc2)[C@H](OCc2ccccc2)[C@H](CO)C1OCc1ccccc1. The van der Waals surface area contributed by atoms with E-state index < -0.39 is 24.6 Å². The average Bonchev–Trinajstić information content (AvgIpc) is 2.92. The Hall–Kier alpha value is -2.58. The Kier molecular flexibility index (Phi) is 9.84. The molecule has 1 fully saturated rings. The summed E-state index contributed by atoms with van der Waals surface area (Å²) >= 11 is 0. The van der Waals surface area contributed by atoms with Crippen molar-refractivity contribution in [1.82, 2.24) is 0 Å². The van der Waals surface area contributed by atoms with E-state index in [0.717, 1.165) is 16.7 Å². The molecule has 6 nitrogen and oxygen atoms in total. The molecule has 1 N–H and O–H groups in total. The summed E-state index contributed by atoms with van der Waals surface area (Å²) in [4.78, 5) is 0. The highest BCUT2D eigenvalue weighted by Crippen LogP contribution is 2.32. The Morgan fingerprint density at radius 2 is 1.17 bits per heavy atom. The van der Waals surface area contributed by atoms with Gasteiger partial charge in [-0.25, -0.2) is 0 Å². The monoisotopic (exact) mass is 478 g/mol. The Morgan fingerprint density at radius 1 is 0.686 bits per heavy atom. The molecule has 3 aromatic carbocycles. The van der Waals surface area contributed by atoms with Gasteiger partial charge in [-0.2, -0.15) is 0 Å². The zero-order valence-electron chi connectivity index (χ0n) is 20.1. The number of hydrogen-bond donors (Lipinski definition) is 1. The van der Waals surface area contributed by atoms with Crippen molar-refractivity contribution in [2.45, 2.75) is 44.4 Å². The molecule has 35 heavy (non-hydrogen) atoms.